The number of nitriles is 1. The van der Waals surface area contributed by atoms with E-state index in [1.807, 2.05) is 38.1 Å². The van der Waals surface area contributed by atoms with Crippen LogP contribution in [0.1, 0.15) is 29.6 Å². The summed E-state index contributed by atoms with van der Waals surface area (Å²) in [6.07, 6.45) is 2.90. The molecule has 0 atom stereocenters. The van der Waals surface area contributed by atoms with Gasteiger partial charge in [0.05, 0.1) is 6.34 Å². The van der Waals surface area contributed by atoms with Crippen LogP contribution < -0.4 is 0 Å². The van der Waals surface area contributed by atoms with Crippen molar-refractivity contribution < 1.29 is 4.63 Å². The van der Waals surface area contributed by atoms with Crippen molar-refractivity contribution in [2.24, 2.45) is 4.99 Å². The van der Waals surface area contributed by atoms with Gasteiger partial charge in [0.25, 0.3) is 0 Å². The van der Waals surface area contributed by atoms with Gasteiger partial charge in [-0.05, 0) is 28.9 Å². The summed E-state index contributed by atoms with van der Waals surface area (Å²) in [6.45, 7) is 2.02. The Hall–Kier alpha value is -3.34. The van der Waals surface area contributed by atoms with Gasteiger partial charge in [-0.1, -0.05) is 13.0 Å². The predicted molar refractivity (Wildman–Crippen MR) is 92.6 cm³/mol. The fraction of sp³-hybridized carbons (Fsp3) is 0.294. The maximum absolute atomic E-state index is 9.06. The van der Waals surface area contributed by atoms with E-state index in [0.29, 0.717) is 35.4 Å². The Balaban J connectivity index is 2.16. The molecule has 0 amide bonds. The lowest BCUT2D eigenvalue weighted by molar-refractivity contribution is 0.315. The smallest absolute Gasteiger partial charge is 0.226 e. The molecule has 3 aromatic heterocycles. The van der Waals surface area contributed by atoms with E-state index >= 15 is 0 Å². The second-order valence-electron chi connectivity index (χ2n) is 5.69. The van der Waals surface area contributed by atoms with Crippen molar-refractivity contribution in [2.45, 2.75) is 19.8 Å². The number of aliphatic imine (C=N–C) groups is 1. The summed E-state index contributed by atoms with van der Waals surface area (Å²) in [5, 5.41) is 16.9. The number of pyridine rings is 2. The van der Waals surface area contributed by atoms with Crippen LogP contribution in [-0.4, -0.2) is 45.6 Å². The zero-order valence-corrected chi connectivity index (χ0v) is 14.3. The van der Waals surface area contributed by atoms with Crippen molar-refractivity contribution in [3.63, 3.8) is 0 Å². The second kappa shape index (κ2) is 7.05. The summed E-state index contributed by atoms with van der Waals surface area (Å²) in [7, 11) is 3.78. The van der Waals surface area contributed by atoms with Crippen molar-refractivity contribution in [3.8, 4) is 6.07 Å². The topological polar surface area (TPSA) is 104 Å². The molecule has 0 aromatic carbocycles. The van der Waals surface area contributed by atoms with Gasteiger partial charge < -0.3 is 4.90 Å². The molecule has 3 aromatic rings. The highest BCUT2D eigenvalue weighted by atomic mass is 16.6. The number of aryl methyl sites for hydroxylation is 1. The van der Waals surface area contributed by atoms with Gasteiger partial charge in [-0.3, -0.25) is 0 Å². The summed E-state index contributed by atoms with van der Waals surface area (Å²) in [4.78, 5) is 15.3. The quantitative estimate of drug-likeness (QED) is 0.520. The Morgan fingerprint density at radius 3 is 2.84 bits per heavy atom. The first-order chi connectivity index (χ1) is 12.1. The van der Waals surface area contributed by atoms with E-state index < -0.39 is 0 Å². The van der Waals surface area contributed by atoms with Crippen molar-refractivity contribution in [3.05, 3.63) is 40.8 Å². The zero-order chi connectivity index (χ0) is 17.8. The van der Waals surface area contributed by atoms with Crippen LogP contribution in [-0.2, 0) is 12.8 Å². The normalized spacial score (nSPS) is 11.1. The molecule has 0 radical (unpaired) electrons. The molecule has 25 heavy (non-hydrogen) atoms. The van der Waals surface area contributed by atoms with E-state index in [1.54, 1.807) is 12.4 Å². The van der Waals surface area contributed by atoms with E-state index in [0.717, 1.165) is 17.0 Å². The third-order valence-electron chi connectivity index (χ3n) is 3.60. The second-order valence-corrected chi connectivity index (χ2v) is 5.69. The zero-order valence-electron chi connectivity index (χ0n) is 14.3. The summed E-state index contributed by atoms with van der Waals surface area (Å²) in [5.41, 5.74) is 4.54. The van der Waals surface area contributed by atoms with Crippen molar-refractivity contribution in [2.75, 3.05) is 14.1 Å². The molecule has 0 bridgehead atoms. The fourth-order valence-corrected chi connectivity index (χ4v) is 2.49. The first-order valence-electron chi connectivity index (χ1n) is 7.83. The number of nitrogens with zero attached hydrogens (tertiary/aromatic N) is 7. The summed E-state index contributed by atoms with van der Waals surface area (Å²) < 4.78 is 4.84. The number of hydrogen-bond donors (Lipinski definition) is 0. The molecule has 8 nitrogen and oxygen atoms in total. The average Bonchev–Trinajstić information content (AvgIpc) is 3.08. The number of aromatic nitrogens is 4. The molecular weight excluding hydrogens is 318 g/mol. The van der Waals surface area contributed by atoms with Crippen molar-refractivity contribution >= 4 is 23.2 Å². The molecule has 3 rings (SSSR count). The highest BCUT2D eigenvalue weighted by molar-refractivity contribution is 5.87. The van der Waals surface area contributed by atoms with Crippen LogP contribution in [0.15, 0.2) is 27.8 Å². The standard InChI is InChI=1S/C17H17N7O/c1-4-14-13(8-11-6-5-7-12(9-18)20-11)15(19-10-24(2)3)16-17(21-14)23-25-22-16/h5-7,10H,4,8H2,1-3H3. The molecule has 0 fully saturated rings. The molecule has 0 spiro atoms. The number of fused-ring (bicyclic) bond motifs is 1. The Bertz CT molecular complexity index is 969. The Morgan fingerprint density at radius 1 is 1.28 bits per heavy atom. The van der Waals surface area contributed by atoms with E-state index in [4.69, 9.17) is 9.89 Å². The van der Waals surface area contributed by atoms with E-state index in [9.17, 15) is 0 Å². The van der Waals surface area contributed by atoms with E-state index in [1.165, 1.54) is 0 Å². The Morgan fingerprint density at radius 2 is 2.12 bits per heavy atom. The third kappa shape index (κ3) is 3.45. The summed E-state index contributed by atoms with van der Waals surface area (Å²) in [6, 6.07) is 7.44. The number of hydrogen-bond acceptors (Lipinski definition) is 7. The van der Waals surface area contributed by atoms with Gasteiger partial charge in [0, 0.05) is 37.5 Å². The number of rotatable bonds is 5. The molecule has 0 aliphatic carbocycles. The predicted octanol–water partition coefficient (Wildman–Crippen LogP) is 2.26. The van der Waals surface area contributed by atoms with Crippen LogP contribution in [0, 0.1) is 11.3 Å². The van der Waals surface area contributed by atoms with E-state index in [-0.39, 0.29) is 0 Å². The van der Waals surface area contributed by atoms with Gasteiger partial charge >= 0.3 is 0 Å². The minimum Gasteiger partial charge on any atom is -0.369 e. The first kappa shape index (κ1) is 16.5. The molecule has 0 N–H and O–H groups in total. The minimum atomic E-state index is 0.381. The molecule has 0 saturated heterocycles. The van der Waals surface area contributed by atoms with Gasteiger partial charge in [-0.25, -0.2) is 19.6 Å². The van der Waals surface area contributed by atoms with Crippen LogP contribution in [0.2, 0.25) is 0 Å². The summed E-state index contributed by atoms with van der Waals surface area (Å²) in [5.74, 6) is 0. The molecule has 8 heteroatoms. The maximum Gasteiger partial charge on any atom is 0.226 e. The van der Waals surface area contributed by atoms with Crippen molar-refractivity contribution in [1.82, 2.24) is 25.2 Å². The minimum absolute atomic E-state index is 0.381. The van der Waals surface area contributed by atoms with Crippen LogP contribution in [0.25, 0.3) is 11.2 Å². The van der Waals surface area contributed by atoms with Gasteiger partial charge in [0.2, 0.25) is 5.65 Å². The molecule has 126 valence electrons. The highest BCUT2D eigenvalue weighted by Crippen LogP contribution is 2.31. The lowest BCUT2D eigenvalue weighted by Gasteiger charge is -2.11. The van der Waals surface area contributed by atoms with Gasteiger partial charge in [-0.2, -0.15) is 5.26 Å². The third-order valence-corrected chi connectivity index (χ3v) is 3.60. The van der Waals surface area contributed by atoms with Crippen LogP contribution in [0.3, 0.4) is 0 Å². The first-order valence-corrected chi connectivity index (χ1v) is 7.83. The molecule has 0 saturated carbocycles. The Kier molecular flexibility index (Phi) is 4.66. The SMILES string of the molecule is CCc1nc2nonc2c(N=CN(C)C)c1Cc1cccc(C#N)n1. The Labute approximate surface area is 144 Å². The maximum atomic E-state index is 9.06. The van der Waals surface area contributed by atoms with Crippen LogP contribution >= 0.6 is 0 Å². The molecule has 0 unspecified atom stereocenters. The highest BCUT2D eigenvalue weighted by Gasteiger charge is 2.18. The van der Waals surface area contributed by atoms with Crippen molar-refractivity contribution in [1.29, 1.82) is 5.26 Å². The van der Waals surface area contributed by atoms with Gasteiger partial charge in [-0.15, -0.1) is 0 Å². The fourth-order valence-electron chi connectivity index (χ4n) is 2.49. The average molecular weight is 335 g/mol. The van der Waals surface area contributed by atoms with Crippen LogP contribution in [0.4, 0.5) is 5.69 Å². The van der Waals surface area contributed by atoms with Gasteiger partial charge in [0.1, 0.15) is 17.5 Å². The van der Waals surface area contributed by atoms with Gasteiger partial charge in [0.15, 0.2) is 5.52 Å². The summed E-state index contributed by atoms with van der Waals surface area (Å²) >= 11 is 0. The largest absolute Gasteiger partial charge is 0.369 e. The lowest BCUT2D eigenvalue weighted by Crippen LogP contribution is -2.08. The van der Waals surface area contributed by atoms with E-state index in [2.05, 4.69) is 31.3 Å². The van der Waals surface area contributed by atoms with Crippen LogP contribution in [0.5, 0.6) is 0 Å². The molecule has 3 heterocycles. The molecule has 0 aliphatic heterocycles. The molecular formula is C17H17N7O. The lowest BCUT2D eigenvalue weighted by atomic mass is 10.0. The monoisotopic (exact) mass is 335 g/mol. The molecule has 0 aliphatic rings.